The zero-order chi connectivity index (χ0) is 12.1. The molecule has 0 radical (unpaired) electrons. The second-order valence-corrected chi connectivity index (χ2v) is 4.43. The number of halogens is 1. The highest BCUT2D eigenvalue weighted by Gasteiger charge is 2.12. The van der Waals surface area contributed by atoms with Gasteiger partial charge in [0.15, 0.2) is 0 Å². The Morgan fingerprint density at radius 3 is 2.62 bits per heavy atom. The van der Waals surface area contributed by atoms with Crippen molar-refractivity contribution in [2.24, 2.45) is 5.73 Å². The lowest BCUT2D eigenvalue weighted by Crippen LogP contribution is -2.05. The van der Waals surface area contributed by atoms with Gasteiger partial charge in [-0.15, -0.1) is 0 Å². The maximum absolute atomic E-state index is 6.20. The Morgan fingerprint density at radius 2 is 2.12 bits per heavy atom. The first-order valence-electron chi connectivity index (χ1n) is 5.70. The first-order valence-corrected chi connectivity index (χ1v) is 6.08. The molecule has 0 saturated heterocycles. The van der Waals surface area contributed by atoms with E-state index in [9.17, 15) is 0 Å². The molecule has 0 amide bonds. The van der Waals surface area contributed by atoms with E-state index in [1.165, 1.54) is 5.56 Å². The summed E-state index contributed by atoms with van der Waals surface area (Å²) in [5.74, 6) is 1.24. The van der Waals surface area contributed by atoms with Crippen LogP contribution in [0.1, 0.15) is 37.3 Å². The number of methoxy groups -OCH3 is 1. The van der Waals surface area contributed by atoms with Crippen molar-refractivity contribution in [3.05, 3.63) is 28.3 Å². The minimum absolute atomic E-state index is 0.443. The molecule has 0 saturated carbocycles. The van der Waals surface area contributed by atoms with Gasteiger partial charge in [-0.1, -0.05) is 31.5 Å². The Bertz CT molecular complexity index is 352. The molecule has 0 heterocycles. The summed E-state index contributed by atoms with van der Waals surface area (Å²) in [4.78, 5) is 0. The maximum Gasteiger partial charge on any atom is 0.140 e. The minimum Gasteiger partial charge on any atom is -0.495 e. The van der Waals surface area contributed by atoms with Crippen LogP contribution in [-0.4, -0.2) is 13.7 Å². The van der Waals surface area contributed by atoms with Crippen LogP contribution in [0.3, 0.4) is 0 Å². The lowest BCUT2D eigenvalue weighted by molar-refractivity contribution is 0.410. The molecule has 1 unspecified atom stereocenters. The lowest BCUT2D eigenvalue weighted by Gasteiger charge is -2.15. The first kappa shape index (κ1) is 13.3. The predicted octanol–water partition coefficient (Wildman–Crippen LogP) is 3.36. The largest absolute Gasteiger partial charge is 0.495 e. The Labute approximate surface area is 103 Å². The molecule has 0 bridgehead atoms. The first-order chi connectivity index (χ1) is 7.63. The average molecular weight is 242 g/mol. The molecule has 16 heavy (non-hydrogen) atoms. The second-order valence-electron chi connectivity index (χ2n) is 4.03. The highest BCUT2D eigenvalue weighted by Crippen LogP contribution is 2.33. The van der Waals surface area contributed by atoms with Crippen LogP contribution < -0.4 is 10.5 Å². The topological polar surface area (TPSA) is 35.2 Å². The SMILES string of the molecule is CCc1cc(C(C)CCN)cc(Cl)c1OC. The Kier molecular flexibility index (Phi) is 5.10. The third kappa shape index (κ3) is 2.89. The van der Waals surface area contributed by atoms with E-state index in [-0.39, 0.29) is 0 Å². The van der Waals surface area contributed by atoms with Crippen LogP contribution in [0.5, 0.6) is 5.75 Å². The molecule has 1 rings (SSSR count). The van der Waals surface area contributed by atoms with Crippen molar-refractivity contribution < 1.29 is 4.74 Å². The van der Waals surface area contributed by atoms with Crippen LogP contribution in [0, 0.1) is 0 Å². The summed E-state index contributed by atoms with van der Waals surface area (Å²) in [5, 5.41) is 0.695. The quantitative estimate of drug-likeness (QED) is 0.858. The van der Waals surface area contributed by atoms with E-state index >= 15 is 0 Å². The van der Waals surface area contributed by atoms with Gasteiger partial charge in [0, 0.05) is 0 Å². The monoisotopic (exact) mass is 241 g/mol. The zero-order valence-electron chi connectivity index (χ0n) is 10.2. The van der Waals surface area contributed by atoms with Crippen molar-refractivity contribution in [3.8, 4) is 5.75 Å². The molecule has 0 aliphatic carbocycles. The van der Waals surface area contributed by atoms with Gasteiger partial charge in [0.05, 0.1) is 12.1 Å². The Morgan fingerprint density at radius 1 is 1.44 bits per heavy atom. The maximum atomic E-state index is 6.20. The Hall–Kier alpha value is -0.730. The molecule has 1 atom stereocenters. The highest BCUT2D eigenvalue weighted by atomic mass is 35.5. The van der Waals surface area contributed by atoms with Gasteiger partial charge in [-0.3, -0.25) is 0 Å². The molecule has 0 fully saturated rings. The van der Waals surface area contributed by atoms with Gasteiger partial charge in [-0.05, 0) is 42.5 Å². The number of hydrogen-bond donors (Lipinski definition) is 1. The summed E-state index contributed by atoms with van der Waals surface area (Å²) in [7, 11) is 1.66. The van der Waals surface area contributed by atoms with Gasteiger partial charge in [0.2, 0.25) is 0 Å². The summed E-state index contributed by atoms with van der Waals surface area (Å²) in [6, 6.07) is 4.16. The van der Waals surface area contributed by atoms with E-state index < -0.39 is 0 Å². The molecule has 90 valence electrons. The Balaban J connectivity index is 3.09. The fraction of sp³-hybridized carbons (Fsp3) is 0.538. The molecule has 0 spiro atoms. The number of aryl methyl sites for hydroxylation is 1. The van der Waals surface area contributed by atoms with Crippen molar-refractivity contribution >= 4 is 11.6 Å². The van der Waals surface area contributed by atoms with Gasteiger partial charge in [0.1, 0.15) is 5.75 Å². The molecule has 0 aromatic heterocycles. The average Bonchev–Trinajstić information content (AvgIpc) is 2.28. The van der Waals surface area contributed by atoms with Crippen LogP contribution in [0.4, 0.5) is 0 Å². The number of benzene rings is 1. The van der Waals surface area contributed by atoms with Crippen LogP contribution in [0.15, 0.2) is 12.1 Å². The summed E-state index contributed by atoms with van der Waals surface area (Å²) in [6.45, 7) is 4.97. The van der Waals surface area contributed by atoms with E-state index in [2.05, 4.69) is 19.9 Å². The smallest absolute Gasteiger partial charge is 0.140 e. The summed E-state index contributed by atoms with van der Waals surface area (Å²) in [6.07, 6.45) is 1.90. The van der Waals surface area contributed by atoms with E-state index in [4.69, 9.17) is 22.1 Å². The normalized spacial score (nSPS) is 12.6. The van der Waals surface area contributed by atoms with E-state index in [0.717, 1.165) is 24.2 Å². The van der Waals surface area contributed by atoms with Crippen LogP contribution in [0.25, 0.3) is 0 Å². The van der Waals surface area contributed by atoms with Crippen molar-refractivity contribution in [1.82, 2.24) is 0 Å². The highest BCUT2D eigenvalue weighted by molar-refractivity contribution is 6.32. The van der Waals surface area contributed by atoms with Gasteiger partial charge >= 0.3 is 0 Å². The third-order valence-electron chi connectivity index (χ3n) is 2.90. The molecule has 3 heteroatoms. The van der Waals surface area contributed by atoms with E-state index in [1.807, 2.05) is 6.07 Å². The van der Waals surface area contributed by atoms with Gasteiger partial charge < -0.3 is 10.5 Å². The number of rotatable bonds is 5. The summed E-state index contributed by atoms with van der Waals surface area (Å²) in [5.41, 5.74) is 7.98. The van der Waals surface area contributed by atoms with Crippen LogP contribution in [0.2, 0.25) is 5.02 Å². The van der Waals surface area contributed by atoms with Gasteiger partial charge in [0.25, 0.3) is 0 Å². The fourth-order valence-electron chi connectivity index (χ4n) is 1.87. The van der Waals surface area contributed by atoms with Crippen molar-refractivity contribution in [2.75, 3.05) is 13.7 Å². The van der Waals surface area contributed by atoms with E-state index in [0.29, 0.717) is 17.5 Å². The number of nitrogens with two attached hydrogens (primary N) is 1. The number of ether oxygens (including phenoxy) is 1. The summed E-state index contributed by atoms with van der Waals surface area (Å²) >= 11 is 6.20. The predicted molar refractivity (Wildman–Crippen MR) is 69.5 cm³/mol. The van der Waals surface area contributed by atoms with Crippen LogP contribution >= 0.6 is 11.6 Å². The summed E-state index contributed by atoms with van der Waals surface area (Å²) < 4.78 is 5.31. The fourth-order valence-corrected chi connectivity index (χ4v) is 2.19. The zero-order valence-corrected chi connectivity index (χ0v) is 11.0. The van der Waals surface area contributed by atoms with Crippen LogP contribution in [-0.2, 0) is 6.42 Å². The lowest BCUT2D eigenvalue weighted by atomic mass is 9.95. The molecule has 2 nitrogen and oxygen atoms in total. The second kappa shape index (κ2) is 6.12. The molecule has 0 aliphatic heterocycles. The molecular weight excluding hydrogens is 222 g/mol. The van der Waals surface area contributed by atoms with Gasteiger partial charge in [-0.2, -0.15) is 0 Å². The molecule has 0 aliphatic rings. The van der Waals surface area contributed by atoms with Crippen molar-refractivity contribution in [3.63, 3.8) is 0 Å². The number of hydrogen-bond acceptors (Lipinski definition) is 2. The van der Waals surface area contributed by atoms with E-state index in [1.54, 1.807) is 7.11 Å². The van der Waals surface area contributed by atoms with Crippen molar-refractivity contribution in [1.29, 1.82) is 0 Å². The van der Waals surface area contributed by atoms with Gasteiger partial charge in [-0.25, -0.2) is 0 Å². The molecule has 1 aromatic carbocycles. The molecule has 2 N–H and O–H groups in total. The standard InChI is InChI=1S/C13H20ClNO/c1-4-10-7-11(9(2)5-6-15)8-12(14)13(10)16-3/h7-9H,4-6,15H2,1-3H3. The van der Waals surface area contributed by atoms with Crippen molar-refractivity contribution in [2.45, 2.75) is 32.6 Å². The molecule has 1 aromatic rings. The third-order valence-corrected chi connectivity index (χ3v) is 3.18. The minimum atomic E-state index is 0.443. The molecular formula is C13H20ClNO.